The number of aliphatic hydroxyl groups is 1. The van der Waals surface area contributed by atoms with Crippen LogP contribution in [-0.4, -0.2) is 65.3 Å². The van der Waals surface area contributed by atoms with Crippen LogP contribution in [0.25, 0.3) is 0 Å². The lowest BCUT2D eigenvalue weighted by molar-refractivity contribution is 0.0183. The average Bonchev–Trinajstić information content (AvgIpc) is 3.18. The molecule has 0 radical (unpaired) electrons. The number of aliphatic hydroxyl groups excluding tert-OH is 1. The van der Waals surface area contributed by atoms with E-state index in [2.05, 4.69) is 59.7 Å². The van der Waals surface area contributed by atoms with Gasteiger partial charge in [-0.2, -0.15) is 0 Å². The Balaban J connectivity index is 1.42. The van der Waals surface area contributed by atoms with Crippen molar-refractivity contribution in [3.05, 3.63) is 34.4 Å². The van der Waals surface area contributed by atoms with E-state index in [1.165, 1.54) is 11.3 Å². The highest BCUT2D eigenvalue weighted by Crippen LogP contribution is 2.39. The molecule has 0 amide bonds. The van der Waals surface area contributed by atoms with E-state index in [1.807, 2.05) is 6.92 Å². The smallest absolute Gasteiger partial charge is 0.156 e. The number of rotatable bonds is 13. The van der Waals surface area contributed by atoms with Crippen LogP contribution in [0.1, 0.15) is 72.6 Å². The molecule has 3 aliphatic rings. The first-order valence-electron chi connectivity index (χ1n) is 13.6. The molecule has 3 rings (SSSR count). The summed E-state index contributed by atoms with van der Waals surface area (Å²) >= 11 is 1.79. The van der Waals surface area contributed by atoms with Crippen LogP contribution in [0.15, 0.2) is 39.6 Å². The Hall–Kier alpha value is -1.36. The third kappa shape index (κ3) is 8.89. The van der Waals surface area contributed by atoms with E-state index < -0.39 is 6.23 Å². The normalized spacial score (nSPS) is 28.2. The zero-order valence-electron chi connectivity index (χ0n) is 22.6. The molecule has 9 heteroatoms. The van der Waals surface area contributed by atoms with Crippen LogP contribution in [0.5, 0.6) is 0 Å². The van der Waals surface area contributed by atoms with Crippen molar-refractivity contribution in [3.8, 4) is 0 Å². The summed E-state index contributed by atoms with van der Waals surface area (Å²) in [6.07, 6.45) is 13.3. The molecule has 1 saturated carbocycles. The number of nitrogens with one attached hydrogen (secondary N) is 2. The third-order valence-corrected chi connectivity index (χ3v) is 8.66. The number of hydrogen-bond donors (Lipinski definition) is 5. The van der Waals surface area contributed by atoms with Gasteiger partial charge in [0.15, 0.2) is 6.61 Å². The van der Waals surface area contributed by atoms with Crippen molar-refractivity contribution < 1.29 is 9.94 Å². The predicted molar refractivity (Wildman–Crippen MR) is 151 cm³/mol. The van der Waals surface area contributed by atoms with Gasteiger partial charge in [0.1, 0.15) is 11.7 Å². The molecule has 204 valence electrons. The van der Waals surface area contributed by atoms with Gasteiger partial charge in [-0.15, -0.1) is 0 Å². The van der Waals surface area contributed by atoms with E-state index in [0.717, 1.165) is 68.7 Å². The molecule has 1 aliphatic heterocycles. The number of oxime groups is 1. The summed E-state index contributed by atoms with van der Waals surface area (Å²) in [7, 11) is 0. The topological polar surface area (TPSA) is 121 Å². The summed E-state index contributed by atoms with van der Waals surface area (Å²) in [5.74, 6) is 0.577. The highest BCUT2D eigenvalue weighted by atomic mass is 32.2. The maximum Gasteiger partial charge on any atom is 0.156 e. The van der Waals surface area contributed by atoms with Gasteiger partial charge in [0, 0.05) is 30.4 Å². The fourth-order valence-electron chi connectivity index (χ4n) is 5.08. The van der Waals surface area contributed by atoms with Crippen molar-refractivity contribution in [2.24, 2.45) is 22.5 Å². The molecule has 1 fully saturated rings. The molecular formula is C27H48N6O2S. The molecule has 0 aromatic rings. The van der Waals surface area contributed by atoms with Crippen LogP contribution < -0.4 is 22.1 Å². The number of nitrogens with zero attached hydrogens (tertiary/aromatic N) is 2. The summed E-state index contributed by atoms with van der Waals surface area (Å²) in [5.41, 5.74) is 15.5. The second kappa shape index (κ2) is 14.5. The zero-order chi connectivity index (χ0) is 26.1. The van der Waals surface area contributed by atoms with E-state index in [-0.39, 0.29) is 18.1 Å². The first kappa shape index (κ1) is 29.2. The minimum atomic E-state index is -0.727. The van der Waals surface area contributed by atoms with Crippen LogP contribution in [0.4, 0.5) is 0 Å². The van der Waals surface area contributed by atoms with Gasteiger partial charge in [-0.3, -0.25) is 10.6 Å². The monoisotopic (exact) mass is 520 g/mol. The van der Waals surface area contributed by atoms with E-state index in [0.29, 0.717) is 18.0 Å². The molecule has 1 heterocycles. The Morgan fingerprint density at radius 1 is 1.28 bits per heavy atom. The number of thioether (sulfide) groups is 1. The Labute approximate surface area is 222 Å². The van der Waals surface area contributed by atoms with Crippen molar-refractivity contribution in [2.45, 2.75) is 102 Å². The second-order valence-electron chi connectivity index (χ2n) is 10.7. The Morgan fingerprint density at radius 2 is 2.03 bits per heavy atom. The van der Waals surface area contributed by atoms with E-state index in [4.69, 9.17) is 16.3 Å². The average molecular weight is 521 g/mol. The largest absolute Gasteiger partial charge is 0.391 e. The van der Waals surface area contributed by atoms with Crippen LogP contribution in [0, 0.1) is 5.92 Å². The van der Waals surface area contributed by atoms with Crippen molar-refractivity contribution in [3.63, 3.8) is 0 Å². The van der Waals surface area contributed by atoms with Gasteiger partial charge < -0.3 is 26.3 Å². The first-order valence-corrected chi connectivity index (χ1v) is 14.5. The van der Waals surface area contributed by atoms with Crippen LogP contribution in [0.3, 0.4) is 0 Å². The van der Waals surface area contributed by atoms with Crippen molar-refractivity contribution in [1.82, 2.24) is 15.5 Å². The van der Waals surface area contributed by atoms with Gasteiger partial charge in [0.2, 0.25) is 0 Å². The van der Waals surface area contributed by atoms with Gasteiger partial charge in [0.05, 0.1) is 10.6 Å². The summed E-state index contributed by atoms with van der Waals surface area (Å²) in [6, 6.07) is 0.881. The molecule has 2 aliphatic carbocycles. The number of allylic oxidation sites excluding steroid dienone is 4. The summed E-state index contributed by atoms with van der Waals surface area (Å²) < 4.78 is 0. The molecule has 3 atom stereocenters. The standard InChI is InChI=1S/C27H48N6O2S/c1-18(2)33-20(4)26(36-27(33)30-15-5-6-21-7-11-23(28)12-8-21)19(3)32-35-17-25(34)31-16-22-9-13-24(29)14-10-22/h7-8,11,18,22-25,27,30-31,34H,5-6,9-10,12-17,28-29H2,1-4H3/b32-19+. The Morgan fingerprint density at radius 3 is 2.69 bits per heavy atom. The molecule has 36 heavy (non-hydrogen) atoms. The molecule has 0 aromatic heterocycles. The summed E-state index contributed by atoms with van der Waals surface area (Å²) in [5, 5.41) is 21.5. The lowest BCUT2D eigenvalue weighted by Crippen LogP contribution is -2.43. The highest BCUT2D eigenvalue weighted by Gasteiger charge is 2.33. The molecule has 7 N–H and O–H groups in total. The molecule has 8 nitrogen and oxygen atoms in total. The maximum absolute atomic E-state index is 10.3. The van der Waals surface area contributed by atoms with Gasteiger partial charge in [-0.1, -0.05) is 40.7 Å². The summed E-state index contributed by atoms with van der Waals surface area (Å²) in [6.45, 7) is 10.4. The lowest BCUT2D eigenvalue weighted by Gasteiger charge is -2.32. The Kier molecular flexibility index (Phi) is 11.8. The van der Waals surface area contributed by atoms with Gasteiger partial charge in [-0.05, 0) is 85.1 Å². The fourth-order valence-corrected chi connectivity index (χ4v) is 6.50. The second-order valence-corrected chi connectivity index (χ2v) is 11.7. The third-order valence-electron chi connectivity index (χ3n) is 7.22. The zero-order valence-corrected chi connectivity index (χ0v) is 23.4. The van der Waals surface area contributed by atoms with Crippen molar-refractivity contribution >= 4 is 17.5 Å². The first-order chi connectivity index (χ1) is 17.2. The van der Waals surface area contributed by atoms with E-state index >= 15 is 0 Å². The molecule has 3 unspecified atom stereocenters. The molecule has 0 aromatic carbocycles. The summed E-state index contributed by atoms with van der Waals surface area (Å²) in [4.78, 5) is 9.07. The number of nitrogens with two attached hydrogens (primary N) is 2. The van der Waals surface area contributed by atoms with Crippen molar-refractivity contribution in [2.75, 3.05) is 19.7 Å². The predicted octanol–water partition coefficient (Wildman–Crippen LogP) is 3.36. The fraction of sp³-hybridized carbons (Fsp3) is 0.741. The maximum atomic E-state index is 10.3. The van der Waals surface area contributed by atoms with E-state index in [9.17, 15) is 5.11 Å². The minimum Gasteiger partial charge on any atom is -0.391 e. The van der Waals surface area contributed by atoms with Crippen LogP contribution >= 0.6 is 11.8 Å². The molecular weight excluding hydrogens is 472 g/mol. The molecule has 0 bridgehead atoms. The van der Waals surface area contributed by atoms with Gasteiger partial charge in [-0.25, -0.2) is 0 Å². The Bertz CT molecular complexity index is 819. The number of hydrogen-bond acceptors (Lipinski definition) is 9. The van der Waals surface area contributed by atoms with Gasteiger partial charge in [0.25, 0.3) is 0 Å². The van der Waals surface area contributed by atoms with Crippen molar-refractivity contribution in [1.29, 1.82) is 0 Å². The minimum absolute atomic E-state index is 0.130. The highest BCUT2D eigenvalue weighted by molar-refractivity contribution is 8.04. The lowest BCUT2D eigenvalue weighted by atomic mass is 9.86. The SMILES string of the molecule is CC1=C(/C(C)=N/OCC(O)NCC2CCC(N)CC2)SC(NCCCC2=CCC(N)C=C2)N1C(C)C. The van der Waals surface area contributed by atoms with Crippen LogP contribution in [0.2, 0.25) is 0 Å². The van der Waals surface area contributed by atoms with Gasteiger partial charge >= 0.3 is 0 Å². The molecule has 0 spiro atoms. The van der Waals surface area contributed by atoms with E-state index in [1.54, 1.807) is 11.8 Å². The quantitative estimate of drug-likeness (QED) is 0.108. The van der Waals surface area contributed by atoms with Crippen LogP contribution in [-0.2, 0) is 4.84 Å². The molecule has 0 saturated heterocycles.